The summed E-state index contributed by atoms with van der Waals surface area (Å²) in [4.78, 5) is 11.4. The second-order valence-electron chi connectivity index (χ2n) is 5.92. The number of amides is 1. The monoisotopic (exact) mass is 299 g/mol. The minimum Gasteiger partial charge on any atom is -0.444 e. The first-order chi connectivity index (χ1) is 9.79. The minimum atomic E-state index is -2.41. The van der Waals surface area contributed by atoms with E-state index in [1.165, 1.54) is 0 Å². The third kappa shape index (κ3) is 7.06. The largest absolute Gasteiger partial charge is 0.444 e. The smallest absolute Gasteiger partial charge is 0.407 e. The Morgan fingerprint density at radius 2 is 1.86 bits per heavy atom. The summed E-state index contributed by atoms with van der Waals surface area (Å²) in [6, 6.07) is 8.72. The van der Waals surface area contributed by atoms with Crippen molar-refractivity contribution >= 4 is 6.09 Å². The van der Waals surface area contributed by atoms with Crippen LogP contribution in [-0.2, 0) is 4.74 Å². The van der Waals surface area contributed by atoms with Crippen molar-refractivity contribution in [2.24, 2.45) is 0 Å². The summed E-state index contributed by atoms with van der Waals surface area (Å²) >= 11 is 0. The maximum atomic E-state index is 13.1. The second kappa shape index (κ2) is 7.96. The summed E-state index contributed by atoms with van der Waals surface area (Å²) in [6.07, 6.45) is -2.13. The molecule has 0 heterocycles. The van der Waals surface area contributed by atoms with Gasteiger partial charge in [0.15, 0.2) is 0 Å². The lowest BCUT2D eigenvalue weighted by molar-refractivity contribution is 0.0525. The van der Waals surface area contributed by atoms with E-state index in [4.69, 9.17) is 4.74 Å². The van der Waals surface area contributed by atoms with E-state index in [1.54, 1.807) is 51.1 Å². The predicted molar refractivity (Wildman–Crippen MR) is 78.7 cm³/mol. The second-order valence-corrected chi connectivity index (χ2v) is 5.92. The lowest BCUT2D eigenvalue weighted by Gasteiger charge is -2.20. The molecule has 118 valence electrons. The molecule has 21 heavy (non-hydrogen) atoms. The summed E-state index contributed by atoms with van der Waals surface area (Å²) in [6.45, 7) is 5.64. The van der Waals surface area contributed by atoms with Gasteiger partial charge >= 0.3 is 6.09 Å². The van der Waals surface area contributed by atoms with Crippen LogP contribution in [0.4, 0.5) is 13.6 Å². The lowest BCUT2D eigenvalue weighted by atomic mass is 9.95. The number of benzene rings is 1. The molecule has 0 aliphatic heterocycles. The van der Waals surface area contributed by atoms with Crippen molar-refractivity contribution in [3.63, 3.8) is 0 Å². The SMILES string of the molecule is CC(C)(C)OC(=O)NCCCC(c1ccccc1)C(F)F. The summed E-state index contributed by atoms with van der Waals surface area (Å²) in [7, 11) is 0. The van der Waals surface area contributed by atoms with Gasteiger partial charge in [-0.25, -0.2) is 13.6 Å². The van der Waals surface area contributed by atoms with Crippen LogP contribution in [0.25, 0.3) is 0 Å². The normalized spacial score (nSPS) is 13.0. The Kier molecular flexibility index (Phi) is 6.59. The zero-order valence-corrected chi connectivity index (χ0v) is 12.7. The van der Waals surface area contributed by atoms with Crippen LogP contribution in [0.1, 0.15) is 45.1 Å². The van der Waals surface area contributed by atoms with Crippen molar-refractivity contribution in [3.05, 3.63) is 35.9 Å². The molecule has 0 bridgehead atoms. The fourth-order valence-corrected chi connectivity index (χ4v) is 1.96. The molecule has 1 unspecified atom stereocenters. The van der Waals surface area contributed by atoms with Crippen molar-refractivity contribution in [2.75, 3.05) is 6.54 Å². The molecular weight excluding hydrogens is 276 g/mol. The third-order valence-corrected chi connectivity index (χ3v) is 2.89. The molecule has 0 aliphatic carbocycles. The highest BCUT2D eigenvalue weighted by atomic mass is 19.3. The van der Waals surface area contributed by atoms with E-state index < -0.39 is 24.0 Å². The van der Waals surface area contributed by atoms with E-state index in [1.807, 2.05) is 0 Å². The minimum absolute atomic E-state index is 0.317. The maximum Gasteiger partial charge on any atom is 0.407 e. The number of alkyl carbamates (subject to hydrolysis) is 1. The standard InChI is InChI=1S/C16H23F2NO2/c1-16(2,3)21-15(20)19-11-7-10-13(14(17)18)12-8-5-4-6-9-12/h4-6,8-9,13-14H,7,10-11H2,1-3H3,(H,19,20). The number of ether oxygens (including phenoxy) is 1. The molecule has 1 aromatic carbocycles. The number of halogens is 2. The molecular formula is C16H23F2NO2. The highest BCUT2D eigenvalue weighted by Crippen LogP contribution is 2.27. The molecule has 1 N–H and O–H groups in total. The summed E-state index contributed by atoms with van der Waals surface area (Å²) in [5.41, 5.74) is 0.0735. The molecule has 0 saturated carbocycles. The van der Waals surface area contributed by atoms with Crippen molar-refractivity contribution < 1.29 is 18.3 Å². The van der Waals surface area contributed by atoms with Crippen molar-refractivity contribution in [1.29, 1.82) is 0 Å². The molecule has 0 spiro atoms. The van der Waals surface area contributed by atoms with Crippen molar-refractivity contribution in [2.45, 2.75) is 51.6 Å². The van der Waals surface area contributed by atoms with Gasteiger partial charge < -0.3 is 10.1 Å². The van der Waals surface area contributed by atoms with Gasteiger partial charge in [-0.15, -0.1) is 0 Å². The van der Waals surface area contributed by atoms with Crippen LogP contribution in [0.2, 0.25) is 0 Å². The molecule has 1 aromatic rings. The van der Waals surface area contributed by atoms with Gasteiger partial charge in [0.05, 0.1) is 0 Å². The van der Waals surface area contributed by atoms with Gasteiger partial charge in [0.25, 0.3) is 0 Å². The molecule has 1 amide bonds. The van der Waals surface area contributed by atoms with Crippen LogP contribution in [0, 0.1) is 0 Å². The molecule has 0 fully saturated rings. The zero-order valence-electron chi connectivity index (χ0n) is 12.7. The number of hydrogen-bond donors (Lipinski definition) is 1. The molecule has 0 aliphatic rings. The van der Waals surface area contributed by atoms with Gasteiger partial charge in [0.2, 0.25) is 6.43 Å². The van der Waals surface area contributed by atoms with Crippen LogP contribution in [0.15, 0.2) is 30.3 Å². The van der Waals surface area contributed by atoms with Gasteiger partial charge in [-0.05, 0) is 39.2 Å². The number of hydrogen-bond acceptors (Lipinski definition) is 2. The van der Waals surface area contributed by atoms with Crippen molar-refractivity contribution in [1.82, 2.24) is 5.32 Å². The van der Waals surface area contributed by atoms with Gasteiger partial charge in [0.1, 0.15) is 5.60 Å². The molecule has 5 heteroatoms. The Balaban J connectivity index is 2.37. The van der Waals surface area contributed by atoms with Gasteiger partial charge in [-0.1, -0.05) is 30.3 Å². The van der Waals surface area contributed by atoms with E-state index in [-0.39, 0.29) is 0 Å². The van der Waals surface area contributed by atoms with E-state index >= 15 is 0 Å². The summed E-state index contributed by atoms with van der Waals surface area (Å²) < 4.78 is 31.2. The highest BCUT2D eigenvalue weighted by Gasteiger charge is 2.22. The highest BCUT2D eigenvalue weighted by molar-refractivity contribution is 5.67. The van der Waals surface area contributed by atoms with Crippen molar-refractivity contribution in [3.8, 4) is 0 Å². The molecule has 0 saturated heterocycles. The van der Waals surface area contributed by atoms with Crippen LogP contribution in [0.5, 0.6) is 0 Å². The lowest BCUT2D eigenvalue weighted by Crippen LogP contribution is -2.33. The Morgan fingerprint density at radius 1 is 1.24 bits per heavy atom. The Bertz CT molecular complexity index is 430. The predicted octanol–water partition coefficient (Wildman–Crippen LogP) is 4.34. The van der Waals surface area contributed by atoms with E-state index in [0.717, 1.165) is 0 Å². The summed E-state index contributed by atoms with van der Waals surface area (Å²) in [5, 5.41) is 2.58. The number of alkyl halides is 2. The average Bonchev–Trinajstić information content (AvgIpc) is 2.37. The van der Waals surface area contributed by atoms with Gasteiger partial charge in [-0.3, -0.25) is 0 Å². The van der Waals surface area contributed by atoms with Crippen LogP contribution >= 0.6 is 0 Å². The average molecular weight is 299 g/mol. The van der Waals surface area contributed by atoms with Gasteiger partial charge in [-0.2, -0.15) is 0 Å². The van der Waals surface area contributed by atoms with Crippen LogP contribution in [-0.4, -0.2) is 24.7 Å². The maximum absolute atomic E-state index is 13.1. The van der Waals surface area contributed by atoms with E-state index in [0.29, 0.717) is 24.9 Å². The Morgan fingerprint density at radius 3 is 2.38 bits per heavy atom. The van der Waals surface area contributed by atoms with Gasteiger partial charge in [0, 0.05) is 12.5 Å². The number of rotatable bonds is 6. The number of carbonyl (C=O) groups excluding carboxylic acids is 1. The van der Waals surface area contributed by atoms with E-state index in [2.05, 4.69) is 5.32 Å². The Labute approximate surface area is 124 Å². The molecule has 1 rings (SSSR count). The topological polar surface area (TPSA) is 38.3 Å². The molecule has 1 atom stereocenters. The summed E-state index contributed by atoms with van der Waals surface area (Å²) in [5.74, 6) is -0.799. The number of nitrogens with one attached hydrogen (secondary N) is 1. The zero-order chi connectivity index (χ0) is 15.9. The fourth-order valence-electron chi connectivity index (χ4n) is 1.96. The van der Waals surface area contributed by atoms with Crippen LogP contribution < -0.4 is 5.32 Å². The first-order valence-electron chi connectivity index (χ1n) is 7.09. The molecule has 0 radical (unpaired) electrons. The third-order valence-electron chi connectivity index (χ3n) is 2.89. The first kappa shape index (κ1) is 17.4. The molecule has 3 nitrogen and oxygen atoms in total. The van der Waals surface area contributed by atoms with E-state index in [9.17, 15) is 13.6 Å². The first-order valence-corrected chi connectivity index (χ1v) is 7.09. The quantitative estimate of drug-likeness (QED) is 0.793. The fraction of sp³-hybridized carbons (Fsp3) is 0.562. The Hall–Kier alpha value is -1.65. The number of carbonyl (C=O) groups is 1. The van der Waals surface area contributed by atoms with Crippen LogP contribution in [0.3, 0.4) is 0 Å². The molecule has 0 aromatic heterocycles.